The fourth-order valence-electron chi connectivity index (χ4n) is 1.52. The number of anilines is 1. The molecule has 0 spiro atoms. The first kappa shape index (κ1) is 12.4. The second-order valence-corrected chi connectivity index (χ2v) is 5.04. The lowest BCUT2D eigenvalue weighted by atomic mass is 10.2. The molecule has 1 aromatic carbocycles. The van der Waals surface area contributed by atoms with E-state index in [1.165, 1.54) is 5.56 Å². The number of aromatic nitrogens is 1. The van der Waals surface area contributed by atoms with Crippen molar-refractivity contribution in [1.29, 1.82) is 0 Å². The Balaban J connectivity index is 2.12. The van der Waals surface area contributed by atoms with Gasteiger partial charge in [0.25, 0.3) is 0 Å². The topological polar surface area (TPSA) is 24.9 Å². The van der Waals surface area contributed by atoms with Crippen molar-refractivity contribution in [2.75, 3.05) is 5.32 Å². The number of hydrogen-bond acceptors (Lipinski definition) is 2. The molecule has 2 nitrogen and oxygen atoms in total. The smallest absolute Gasteiger partial charge is 0.0623 e. The summed E-state index contributed by atoms with van der Waals surface area (Å²) in [4.78, 5) is 4.33. The summed E-state index contributed by atoms with van der Waals surface area (Å²) in [7, 11) is 0. The maximum absolute atomic E-state index is 5.95. The van der Waals surface area contributed by atoms with Gasteiger partial charge < -0.3 is 5.32 Å². The average molecular weight is 312 g/mol. The van der Waals surface area contributed by atoms with E-state index in [-0.39, 0.29) is 0 Å². The van der Waals surface area contributed by atoms with Gasteiger partial charge in [0.1, 0.15) is 0 Å². The van der Waals surface area contributed by atoms with E-state index in [0.717, 1.165) is 15.9 Å². The number of rotatable bonds is 3. The summed E-state index contributed by atoms with van der Waals surface area (Å²) in [6.45, 7) is 2.74. The monoisotopic (exact) mass is 310 g/mol. The van der Waals surface area contributed by atoms with Gasteiger partial charge in [-0.3, -0.25) is 4.98 Å². The molecule has 1 aromatic heterocycles. The van der Waals surface area contributed by atoms with Crippen molar-refractivity contribution in [1.82, 2.24) is 4.98 Å². The highest BCUT2D eigenvalue weighted by molar-refractivity contribution is 9.10. The van der Waals surface area contributed by atoms with E-state index in [4.69, 9.17) is 11.6 Å². The summed E-state index contributed by atoms with van der Waals surface area (Å²) in [6, 6.07) is 9.66. The number of nitrogens with one attached hydrogen (secondary N) is 1. The minimum absolute atomic E-state index is 0.686. The molecular weight excluding hydrogens is 300 g/mol. The molecule has 0 bridgehead atoms. The van der Waals surface area contributed by atoms with Crippen LogP contribution in [0.4, 0.5) is 5.69 Å². The van der Waals surface area contributed by atoms with Gasteiger partial charge in [-0.2, -0.15) is 0 Å². The van der Waals surface area contributed by atoms with Crippen molar-refractivity contribution in [2.45, 2.75) is 13.5 Å². The van der Waals surface area contributed by atoms with Crippen LogP contribution in [0.15, 0.2) is 41.0 Å². The van der Waals surface area contributed by atoms with Crippen molar-refractivity contribution in [3.8, 4) is 0 Å². The third-order valence-corrected chi connectivity index (χ3v) is 3.42. The third-order valence-electron chi connectivity index (χ3n) is 2.49. The first-order valence-electron chi connectivity index (χ1n) is 5.26. The van der Waals surface area contributed by atoms with Gasteiger partial charge in [-0.1, -0.05) is 17.7 Å². The molecule has 0 fully saturated rings. The Labute approximate surface area is 114 Å². The molecule has 17 heavy (non-hydrogen) atoms. The van der Waals surface area contributed by atoms with E-state index >= 15 is 0 Å². The van der Waals surface area contributed by atoms with E-state index < -0.39 is 0 Å². The number of pyridine rings is 1. The van der Waals surface area contributed by atoms with Gasteiger partial charge in [0.15, 0.2) is 0 Å². The summed E-state index contributed by atoms with van der Waals surface area (Å²) < 4.78 is 0.996. The molecule has 0 saturated heterocycles. The SMILES string of the molecule is Cc1cccnc1CNc1cc(Cl)ccc1Br. The largest absolute Gasteiger partial charge is 0.378 e. The fourth-order valence-corrected chi connectivity index (χ4v) is 2.07. The maximum atomic E-state index is 5.95. The number of hydrogen-bond donors (Lipinski definition) is 1. The second kappa shape index (κ2) is 5.52. The molecule has 1 heterocycles. The quantitative estimate of drug-likeness (QED) is 0.907. The van der Waals surface area contributed by atoms with Gasteiger partial charge in [-0.05, 0) is 52.7 Å². The molecule has 0 aliphatic carbocycles. The lowest BCUT2D eigenvalue weighted by Gasteiger charge is -2.10. The number of aryl methyl sites for hydroxylation is 1. The molecule has 0 atom stereocenters. The summed E-state index contributed by atoms with van der Waals surface area (Å²) in [6.07, 6.45) is 1.80. The van der Waals surface area contributed by atoms with Gasteiger partial charge in [-0.15, -0.1) is 0 Å². The highest BCUT2D eigenvalue weighted by atomic mass is 79.9. The molecule has 1 N–H and O–H groups in total. The summed E-state index contributed by atoms with van der Waals surface area (Å²) in [5.41, 5.74) is 3.19. The predicted octanol–water partition coefficient (Wildman–Crippen LogP) is 4.42. The lowest BCUT2D eigenvalue weighted by molar-refractivity contribution is 1.02. The molecule has 2 aromatic rings. The van der Waals surface area contributed by atoms with Gasteiger partial charge in [0, 0.05) is 15.7 Å². The van der Waals surface area contributed by atoms with Crippen molar-refractivity contribution in [2.24, 2.45) is 0 Å². The zero-order valence-electron chi connectivity index (χ0n) is 9.37. The maximum Gasteiger partial charge on any atom is 0.0623 e. The standard InChI is InChI=1S/C13H12BrClN2/c1-9-3-2-6-16-13(9)8-17-12-7-10(15)4-5-11(12)14/h2-7,17H,8H2,1H3. The van der Waals surface area contributed by atoms with Crippen LogP contribution in [0.25, 0.3) is 0 Å². The van der Waals surface area contributed by atoms with Crippen LogP contribution < -0.4 is 5.32 Å². The fraction of sp³-hybridized carbons (Fsp3) is 0.154. The Morgan fingerprint density at radius 2 is 2.18 bits per heavy atom. The summed E-state index contributed by atoms with van der Waals surface area (Å²) in [5.74, 6) is 0. The Bertz CT molecular complexity index is 529. The predicted molar refractivity (Wildman–Crippen MR) is 75.5 cm³/mol. The van der Waals surface area contributed by atoms with Gasteiger partial charge in [0.2, 0.25) is 0 Å². The molecule has 4 heteroatoms. The number of nitrogens with zero attached hydrogens (tertiary/aromatic N) is 1. The Morgan fingerprint density at radius 1 is 1.35 bits per heavy atom. The van der Waals surface area contributed by atoms with Gasteiger partial charge in [-0.25, -0.2) is 0 Å². The number of benzene rings is 1. The summed E-state index contributed by atoms with van der Waals surface area (Å²) in [5, 5.41) is 4.03. The molecule has 0 aliphatic heterocycles. The van der Waals surface area contributed by atoms with Crippen LogP contribution in [-0.2, 0) is 6.54 Å². The minimum Gasteiger partial charge on any atom is -0.378 e. The third kappa shape index (κ3) is 3.20. The van der Waals surface area contributed by atoms with Crippen LogP contribution in [0.3, 0.4) is 0 Å². The first-order valence-corrected chi connectivity index (χ1v) is 6.43. The lowest BCUT2D eigenvalue weighted by Crippen LogP contribution is -2.03. The molecule has 0 radical (unpaired) electrons. The van der Waals surface area contributed by atoms with Gasteiger partial charge >= 0.3 is 0 Å². The van der Waals surface area contributed by atoms with E-state index in [1.54, 1.807) is 6.20 Å². The number of halogens is 2. The van der Waals surface area contributed by atoms with Crippen LogP contribution in [0.5, 0.6) is 0 Å². The zero-order chi connectivity index (χ0) is 12.3. The molecular formula is C13H12BrClN2. The zero-order valence-corrected chi connectivity index (χ0v) is 11.7. The van der Waals surface area contributed by atoms with Crippen molar-refractivity contribution in [3.05, 3.63) is 57.3 Å². The summed E-state index contributed by atoms with van der Waals surface area (Å²) >= 11 is 9.43. The minimum atomic E-state index is 0.686. The van der Waals surface area contributed by atoms with Crippen LogP contribution >= 0.6 is 27.5 Å². The van der Waals surface area contributed by atoms with E-state index in [1.807, 2.05) is 24.3 Å². The van der Waals surface area contributed by atoms with Gasteiger partial charge in [0.05, 0.1) is 17.9 Å². The second-order valence-electron chi connectivity index (χ2n) is 3.74. The molecule has 0 aliphatic rings. The van der Waals surface area contributed by atoms with Crippen LogP contribution in [0.2, 0.25) is 5.02 Å². The highest BCUT2D eigenvalue weighted by Crippen LogP contribution is 2.26. The average Bonchev–Trinajstić information content (AvgIpc) is 2.32. The molecule has 0 unspecified atom stereocenters. The van der Waals surface area contributed by atoms with E-state index in [9.17, 15) is 0 Å². The Morgan fingerprint density at radius 3 is 2.94 bits per heavy atom. The highest BCUT2D eigenvalue weighted by Gasteiger charge is 2.02. The molecule has 0 saturated carbocycles. The van der Waals surface area contributed by atoms with E-state index in [0.29, 0.717) is 11.6 Å². The molecule has 0 amide bonds. The van der Waals surface area contributed by atoms with Crippen molar-refractivity contribution in [3.63, 3.8) is 0 Å². The Kier molecular flexibility index (Phi) is 4.02. The van der Waals surface area contributed by atoms with Crippen LogP contribution in [0, 0.1) is 6.92 Å². The molecule has 88 valence electrons. The normalized spacial score (nSPS) is 10.3. The molecule has 2 rings (SSSR count). The van der Waals surface area contributed by atoms with Crippen LogP contribution in [-0.4, -0.2) is 4.98 Å². The van der Waals surface area contributed by atoms with Crippen molar-refractivity contribution < 1.29 is 0 Å². The first-order chi connectivity index (χ1) is 8.16. The van der Waals surface area contributed by atoms with Crippen molar-refractivity contribution >= 4 is 33.2 Å². The Hall–Kier alpha value is -1.06. The van der Waals surface area contributed by atoms with E-state index in [2.05, 4.69) is 39.2 Å². The van der Waals surface area contributed by atoms with Crippen LogP contribution in [0.1, 0.15) is 11.3 Å².